The summed E-state index contributed by atoms with van der Waals surface area (Å²) in [6.07, 6.45) is 12.7. The fourth-order valence-corrected chi connectivity index (χ4v) is 4.22. The Labute approximate surface area is 117 Å². The fraction of sp³-hybridized carbons (Fsp3) is 1.00. The van der Waals surface area contributed by atoms with Gasteiger partial charge in [-0.1, -0.05) is 12.8 Å². The molecule has 2 aliphatic heterocycles. The van der Waals surface area contributed by atoms with Gasteiger partial charge in [-0.2, -0.15) is 0 Å². The maximum Gasteiger partial charge on any atom is 0.0699 e. The summed E-state index contributed by atoms with van der Waals surface area (Å²) in [5.74, 6) is 0.861. The molecule has 2 saturated heterocycles. The second-order valence-electron chi connectivity index (χ2n) is 6.65. The lowest BCUT2D eigenvalue weighted by molar-refractivity contribution is 0.0126. The molecule has 2 heterocycles. The molecule has 0 amide bonds. The molecule has 4 atom stereocenters. The number of rotatable bonds is 4. The third-order valence-electron chi connectivity index (χ3n) is 5.32. The minimum Gasteiger partial charge on any atom is -0.377 e. The van der Waals surface area contributed by atoms with Gasteiger partial charge in [-0.05, 0) is 57.4 Å². The lowest BCUT2D eigenvalue weighted by atomic mass is 9.79. The van der Waals surface area contributed by atoms with E-state index in [2.05, 4.69) is 10.6 Å². The smallest absolute Gasteiger partial charge is 0.0699 e. The van der Waals surface area contributed by atoms with E-state index in [1.165, 1.54) is 64.3 Å². The molecule has 19 heavy (non-hydrogen) atoms. The van der Waals surface area contributed by atoms with Crippen molar-refractivity contribution in [1.29, 1.82) is 0 Å². The first-order valence-corrected chi connectivity index (χ1v) is 8.52. The van der Waals surface area contributed by atoms with Crippen molar-refractivity contribution in [1.82, 2.24) is 10.6 Å². The van der Waals surface area contributed by atoms with E-state index in [9.17, 15) is 0 Å². The highest BCUT2D eigenvalue weighted by Gasteiger charge is 2.33. The first-order chi connectivity index (χ1) is 9.43. The predicted molar refractivity (Wildman–Crippen MR) is 78.4 cm³/mol. The average molecular weight is 266 g/mol. The van der Waals surface area contributed by atoms with Crippen LogP contribution in [0.25, 0.3) is 0 Å². The Hall–Kier alpha value is -0.120. The predicted octanol–water partition coefficient (Wildman–Crippen LogP) is 2.46. The van der Waals surface area contributed by atoms with Gasteiger partial charge in [-0.15, -0.1) is 0 Å². The number of ether oxygens (including phenoxy) is 1. The van der Waals surface area contributed by atoms with Gasteiger partial charge in [0.15, 0.2) is 0 Å². The van der Waals surface area contributed by atoms with Crippen LogP contribution in [0.5, 0.6) is 0 Å². The zero-order valence-corrected chi connectivity index (χ0v) is 12.2. The van der Waals surface area contributed by atoms with Crippen LogP contribution >= 0.6 is 0 Å². The second-order valence-corrected chi connectivity index (χ2v) is 6.65. The minimum absolute atomic E-state index is 0.480. The van der Waals surface area contributed by atoms with Gasteiger partial charge in [0.2, 0.25) is 0 Å². The molecule has 110 valence electrons. The maximum absolute atomic E-state index is 5.85. The molecule has 3 heteroatoms. The highest BCUT2D eigenvalue weighted by Crippen LogP contribution is 2.30. The summed E-state index contributed by atoms with van der Waals surface area (Å²) in [5, 5.41) is 7.58. The van der Waals surface area contributed by atoms with Gasteiger partial charge in [0.1, 0.15) is 0 Å². The van der Waals surface area contributed by atoms with Crippen LogP contribution in [-0.2, 0) is 4.74 Å². The van der Waals surface area contributed by atoms with Crippen LogP contribution in [0.3, 0.4) is 0 Å². The van der Waals surface area contributed by atoms with Gasteiger partial charge in [0.25, 0.3) is 0 Å². The standard InChI is InChI=1S/C16H30N2O/c1-2-8-16(14(7-1)15-9-5-10-17-15)18-12-13-6-3-4-11-19-13/h13-18H,1-12H2. The van der Waals surface area contributed by atoms with Gasteiger partial charge >= 0.3 is 0 Å². The Kier molecular flexibility index (Phi) is 5.14. The topological polar surface area (TPSA) is 33.3 Å². The van der Waals surface area contributed by atoms with Crippen LogP contribution in [0.1, 0.15) is 57.8 Å². The minimum atomic E-state index is 0.480. The Balaban J connectivity index is 1.48. The molecule has 0 aromatic carbocycles. The van der Waals surface area contributed by atoms with Crippen molar-refractivity contribution in [3.05, 3.63) is 0 Å². The van der Waals surface area contributed by atoms with Crippen LogP contribution in [0, 0.1) is 5.92 Å². The molecule has 3 nitrogen and oxygen atoms in total. The largest absolute Gasteiger partial charge is 0.377 e. The van der Waals surface area contributed by atoms with Crippen LogP contribution in [0.4, 0.5) is 0 Å². The normalized spacial score (nSPS) is 40.4. The SMILES string of the molecule is C1CCC(CNC2CCCCC2C2CCCN2)OC1. The van der Waals surface area contributed by atoms with Crippen molar-refractivity contribution in [3.8, 4) is 0 Å². The molecule has 0 bridgehead atoms. The fourth-order valence-electron chi connectivity index (χ4n) is 4.22. The highest BCUT2D eigenvalue weighted by atomic mass is 16.5. The van der Waals surface area contributed by atoms with Crippen LogP contribution in [0.2, 0.25) is 0 Å². The Morgan fingerprint density at radius 2 is 1.84 bits per heavy atom. The molecular weight excluding hydrogens is 236 g/mol. The molecule has 0 aromatic rings. The lowest BCUT2D eigenvalue weighted by Crippen LogP contribution is -2.49. The number of nitrogens with one attached hydrogen (secondary N) is 2. The third kappa shape index (κ3) is 3.71. The van der Waals surface area contributed by atoms with Gasteiger partial charge in [0, 0.05) is 25.2 Å². The summed E-state index contributed by atoms with van der Waals surface area (Å²) in [6.45, 7) is 3.29. The lowest BCUT2D eigenvalue weighted by Gasteiger charge is -2.37. The Bertz CT molecular complexity index is 259. The van der Waals surface area contributed by atoms with Crippen molar-refractivity contribution >= 4 is 0 Å². The van der Waals surface area contributed by atoms with E-state index in [4.69, 9.17) is 4.74 Å². The third-order valence-corrected chi connectivity index (χ3v) is 5.32. The molecule has 3 aliphatic rings. The molecule has 0 radical (unpaired) electrons. The van der Waals surface area contributed by atoms with Crippen LogP contribution < -0.4 is 10.6 Å². The first-order valence-electron chi connectivity index (χ1n) is 8.52. The molecule has 2 N–H and O–H groups in total. The van der Waals surface area contributed by atoms with E-state index >= 15 is 0 Å². The van der Waals surface area contributed by atoms with Crippen molar-refractivity contribution in [3.63, 3.8) is 0 Å². The highest BCUT2D eigenvalue weighted by molar-refractivity contribution is 4.92. The van der Waals surface area contributed by atoms with E-state index in [0.717, 1.165) is 31.2 Å². The summed E-state index contributed by atoms with van der Waals surface area (Å²) in [6, 6.07) is 1.51. The van der Waals surface area contributed by atoms with Crippen LogP contribution in [0.15, 0.2) is 0 Å². The number of hydrogen-bond acceptors (Lipinski definition) is 3. The Morgan fingerprint density at radius 1 is 0.947 bits per heavy atom. The van der Waals surface area contributed by atoms with Gasteiger partial charge in [0.05, 0.1) is 6.10 Å². The van der Waals surface area contributed by atoms with Crippen molar-refractivity contribution in [2.45, 2.75) is 76.0 Å². The van der Waals surface area contributed by atoms with Crippen molar-refractivity contribution in [2.75, 3.05) is 19.7 Å². The molecule has 3 rings (SSSR count). The van der Waals surface area contributed by atoms with Crippen molar-refractivity contribution < 1.29 is 4.74 Å². The number of hydrogen-bond donors (Lipinski definition) is 2. The van der Waals surface area contributed by atoms with Gasteiger partial charge in [-0.3, -0.25) is 0 Å². The van der Waals surface area contributed by atoms with E-state index in [-0.39, 0.29) is 0 Å². The molecule has 3 fully saturated rings. The molecule has 1 aliphatic carbocycles. The molecule has 0 aromatic heterocycles. The van der Waals surface area contributed by atoms with E-state index in [0.29, 0.717) is 6.10 Å². The van der Waals surface area contributed by atoms with Gasteiger partial charge < -0.3 is 15.4 Å². The summed E-state index contributed by atoms with van der Waals surface area (Å²) in [5.41, 5.74) is 0. The zero-order valence-electron chi connectivity index (χ0n) is 12.2. The van der Waals surface area contributed by atoms with Crippen LogP contribution in [-0.4, -0.2) is 37.9 Å². The monoisotopic (exact) mass is 266 g/mol. The summed E-state index contributed by atoms with van der Waals surface area (Å²) in [7, 11) is 0. The first kappa shape index (κ1) is 13.8. The molecule has 4 unspecified atom stereocenters. The summed E-state index contributed by atoms with van der Waals surface area (Å²) < 4.78 is 5.85. The molecule has 0 spiro atoms. The van der Waals surface area contributed by atoms with E-state index < -0.39 is 0 Å². The molecule has 1 saturated carbocycles. The summed E-state index contributed by atoms with van der Waals surface area (Å²) in [4.78, 5) is 0. The zero-order chi connectivity index (χ0) is 12.9. The van der Waals surface area contributed by atoms with E-state index in [1.54, 1.807) is 0 Å². The second kappa shape index (κ2) is 7.05. The average Bonchev–Trinajstić information content (AvgIpc) is 3.01. The quantitative estimate of drug-likeness (QED) is 0.820. The maximum atomic E-state index is 5.85. The summed E-state index contributed by atoms with van der Waals surface area (Å²) >= 11 is 0. The van der Waals surface area contributed by atoms with Gasteiger partial charge in [-0.25, -0.2) is 0 Å². The Morgan fingerprint density at radius 3 is 2.63 bits per heavy atom. The van der Waals surface area contributed by atoms with E-state index in [1.807, 2.05) is 0 Å². The molecular formula is C16H30N2O. The van der Waals surface area contributed by atoms with Crippen molar-refractivity contribution in [2.24, 2.45) is 5.92 Å².